The van der Waals surface area contributed by atoms with Crippen molar-refractivity contribution < 1.29 is 14.7 Å². The summed E-state index contributed by atoms with van der Waals surface area (Å²) in [6, 6.07) is 6.81. The highest BCUT2D eigenvalue weighted by atomic mass is 35.5. The lowest BCUT2D eigenvalue weighted by Gasteiger charge is -2.49. The van der Waals surface area contributed by atoms with Gasteiger partial charge in [0, 0.05) is 10.9 Å². The number of halogens is 1. The average molecular weight is 366 g/mol. The van der Waals surface area contributed by atoms with Gasteiger partial charge in [0.15, 0.2) is 5.78 Å². The Bertz CT molecular complexity index is 626. The van der Waals surface area contributed by atoms with Crippen molar-refractivity contribution in [1.82, 2.24) is 5.32 Å². The van der Waals surface area contributed by atoms with Crippen LogP contribution in [0.5, 0.6) is 0 Å². The van der Waals surface area contributed by atoms with E-state index in [0.717, 1.165) is 5.56 Å². The molecular weight excluding hydrogens is 338 g/mol. The second kappa shape index (κ2) is 7.46. The third-order valence-electron chi connectivity index (χ3n) is 5.68. The van der Waals surface area contributed by atoms with Gasteiger partial charge in [-0.1, -0.05) is 51.4 Å². The van der Waals surface area contributed by atoms with Crippen LogP contribution >= 0.6 is 11.6 Å². The lowest BCUT2D eigenvalue weighted by atomic mass is 9.58. The molecule has 1 aromatic rings. The molecule has 0 aliphatic heterocycles. The first-order chi connectivity index (χ1) is 11.6. The van der Waals surface area contributed by atoms with Gasteiger partial charge < -0.3 is 10.4 Å². The monoisotopic (exact) mass is 365 g/mol. The van der Waals surface area contributed by atoms with Gasteiger partial charge in [-0.2, -0.15) is 0 Å². The summed E-state index contributed by atoms with van der Waals surface area (Å²) in [5.74, 6) is -0.0614. The zero-order chi connectivity index (χ0) is 18.8. The highest BCUT2D eigenvalue weighted by molar-refractivity contribution is 6.30. The normalized spacial score (nSPS) is 26.9. The van der Waals surface area contributed by atoms with Crippen LogP contribution in [-0.4, -0.2) is 23.3 Å². The van der Waals surface area contributed by atoms with E-state index in [2.05, 4.69) is 5.32 Å². The van der Waals surface area contributed by atoms with E-state index in [0.29, 0.717) is 30.7 Å². The van der Waals surface area contributed by atoms with E-state index < -0.39 is 17.1 Å². The lowest BCUT2D eigenvalue weighted by Crippen LogP contribution is -2.51. The van der Waals surface area contributed by atoms with Crippen LogP contribution in [0.3, 0.4) is 0 Å². The van der Waals surface area contributed by atoms with Crippen molar-refractivity contribution in [2.45, 2.75) is 58.6 Å². The van der Waals surface area contributed by atoms with Gasteiger partial charge in [0.1, 0.15) is 0 Å². The van der Waals surface area contributed by atoms with Crippen LogP contribution in [0.1, 0.15) is 52.5 Å². The maximum absolute atomic E-state index is 12.9. The Balaban J connectivity index is 2.23. The smallest absolute Gasteiger partial charge is 0.207 e. The molecule has 0 aromatic heterocycles. The molecule has 1 unspecified atom stereocenters. The molecule has 2 N–H and O–H groups in total. The Hall–Kier alpha value is -1.39. The summed E-state index contributed by atoms with van der Waals surface area (Å²) in [4.78, 5) is 23.7. The molecule has 0 radical (unpaired) electrons. The van der Waals surface area contributed by atoms with Crippen LogP contribution in [0, 0.1) is 17.3 Å². The SMILES string of the molecule is CC(C)[C@H](NC=O)C(=O)C1CC[C@](O)(c2ccc(Cl)cc2)C(C)(C)C1. The molecule has 1 aliphatic rings. The highest BCUT2D eigenvalue weighted by Gasteiger charge is 2.51. The molecule has 1 saturated carbocycles. The van der Waals surface area contributed by atoms with E-state index in [1.54, 1.807) is 12.1 Å². The van der Waals surface area contributed by atoms with Crippen molar-refractivity contribution in [2.24, 2.45) is 17.3 Å². The summed E-state index contributed by atoms with van der Waals surface area (Å²) in [6.45, 7) is 7.85. The van der Waals surface area contributed by atoms with Crippen LogP contribution in [-0.2, 0) is 15.2 Å². The van der Waals surface area contributed by atoms with Crippen molar-refractivity contribution in [2.75, 3.05) is 0 Å². The zero-order valence-electron chi connectivity index (χ0n) is 15.4. The van der Waals surface area contributed by atoms with Crippen molar-refractivity contribution in [3.63, 3.8) is 0 Å². The second-order valence-electron chi connectivity index (χ2n) is 8.10. The predicted molar refractivity (Wildman–Crippen MR) is 99.3 cm³/mol. The first kappa shape index (κ1) is 19.9. The summed E-state index contributed by atoms with van der Waals surface area (Å²) in [7, 11) is 0. The summed E-state index contributed by atoms with van der Waals surface area (Å²) in [5, 5.41) is 14.7. The lowest BCUT2D eigenvalue weighted by molar-refractivity contribution is -0.143. The van der Waals surface area contributed by atoms with Gasteiger partial charge in [-0.3, -0.25) is 9.59 Å². The first-order valence-corrected chi connectivity index (χ1v) is 9.22. The van der Waals surface area contributed by atoms with Gasteiger partial charge >= 0.3 is 0 Å². The predicted octanol–water partition coefficient (Wildman–Crippen LogP) is 3.69. The number of rotatable bonds is 6. The van der Waals surface area contributed by atoms with Crippen LogP contribution in [0.15, 0.2) is 24.3 Å². The number of hydrogen-bond acceptors (Lipinski definition) is 3. The molecule has 0 saturated heterocycles. The Labute approximate surface area is 155 Å². The molecule has 5 heteroatoms. The molecule has 1 fully saturated rings. The van der Waals surface area contributed by atoms with E-state index >= 15 is 0 Å². The largest absolute Gasteiger partial charge is 0.385 e. The van der Waals surface area contributed by atoms with E-state index in [4.69, 9.17) is 11.6 Å². The highest BCUT2D eigenvalue weighted by Crippen LogP contribution is 2.52. The number of carbonyl (C=O) groups is 2. The number of ketones is 1. The van der Waals surface area contributed by atoms with Crippen molar-refractivity contribution >= 4 is 23.8 Å². The zero-order valence-corrected chi connectivity index (χ0v) is 16.1. The van der Waals surface area contributed by atoms with E-state index in [1.165, 1.54) is 0 Å². The van der Waals surface area contributed by atoms with Crippen LogP contribution in [0.4, 0.5) is 0 Å². The molecule has 138 valence electrons. The fourth-order valence-corrected chi connectivity index (χ4v) is 4.17. The summed E-state index contributed by atoms with van der Waals surface area (Å²) < 4.78 is 0. The maximum atomic E-state index is 12.9. The van der Waals surface area contributed by atoms with Crippen LogP contribution < -0.4 is 5.32 Å². The number of hydrogen-bond donors (Lipinski definition) is 2. The van der Waals surface area contributed by atoms with E-state index in [1.807, 2.05) is 39.8 Å². The summed E-state index contributed by atoms with van der Waals surface area (Å²) >= 11 is 5.96. The van der Waals surface area contributed by atoms with Gasteiger partial charge in [-0.25, -0.2) is 0 Å². The fourth-order valence-electron chi connectivity index (χ4n) is 4.04. The molecule has 0 heterocycles. The molecule has 3 atom stereocenters. The van der Waals surface area contributed by atoms with E-state index in [-0.39, 0.29) is 17.6 Å². The van der Waals surface area contributed by atoms with Gasteiger partial charge in [0.25, 0.3) is 0 Å². The minimum absolute atomic E-state index is 0.0397. The Morgan fingerprint density at radius 3 is 2.40 bits per heavy atom. The minimum Gasteiger partial charge on any atom is -0.385 e. The molecule has 2 rings (SSSR count). The van der Waals surface area contributed by atoms with Gasteiger partial charge in [0.05, 0.1) is 11.6 Å². The molecule has 1 aliphatic carbocycles. The quantitative estimate of drug-likeness (QED) is 0.755. The van der Waals surface area contributed by atoms with E-state index in [9.17, 15) is 14.7 Å². The van der Waals surface area contributed by atoms with Crippen molar-refractivity contribution in [3.8, 4) is 0 Å². The maximum Gasteiger partial charge on any atom is 0.207 e. The Morgan fingerprint density at radius 2 is 1.92 bits per heavy atom. The van der Waals surface area contributed by atoms with Gasteiger partial charge in [0.2, 0.25) is 6.41 Å². The van der Waals surface area contributed by atoms with Crippen LogP contribution in [0.2, 0.25) is 5.02 Å². The number of Topliss-reactive ketones (excluding diaryl/α,β-unsaturated/α-hetero) is 1. The molecule has 25 heavy (non-hydrogen) atoms. The third kappa shape index (κ3) is 3.90. The second-order valence-corrected chi connectivity index (χ2v) is 8.54. The molecule has 0 bridgehead atoms. The Kier molecular flexibility index (Phi) is 5.95. The van der Waals surface area contributed by atoms with Crippen molar-refractivity contribution in [3.05, 3.63) is 34.9 Å². The molecule has 4 nitrogen and oxygen atoms in total. The van der Waals surface area contributed by atoms with Gasteiger partial charge in [-0.15, -0.1) is 0 Å². The van der Waals surface area contributed by atoms with Crippen molar-refractivity contribution in [1.29, 1.82) is 0 Å². The summed E-state index contributed by atoms with van der Waals surface area (Å²) in [6.07, 6.45) is 2.28. The average Bonchev–Trinajstić information content (AvgIpc) is 2.54. The molecular formula is C20H28ClNO3. The number of amides is 1. The fraction of sp³-hybridized carbons (Fsp3) is 0.600. The number of benzene rings is 1. The topological polar surface area (TPSA) is 66.4 Å². The molecule has 0 spiro atoms. The number of carbonyl (C=O) groups excluding carboxylic acids is 2. The number of nitrogens with one attached hydrogen (secondary N) is 1. The molecule has 1 amide bonds. The van der Waals surface area contributed by atoms with Gasteiger partial charge in [-0.05, 0) is 48.3 Å². The molecule has 1 aromatic carbocycles. The Morgan fingerprint density at radius 1 is 1.32 bits per heavy atom. The van der Waals surface area contributed by atoms with Crippen LogP contribution in [0.25, 0.3) is 0 Å². The minimum atomic E-state index is -1.00. The first-order valence-electron chi connectivity index (χ1n) is 8.84. The summed E-state index contributed by atoms with van der Waals surface area (Å²) in [5.41, 5.74) is -0.638. The number of aliphatic hydroxyl groups is 1. The standard InChI is InChI=1S/C20H28ClNO3/c1-13(2)17(22-12-23)18(24)14-9-10-20(25,19(3,4)11-14)15-5-7-16(21)8-6-15/h5-8,12-14,17,25H,9-11H2,1-4H3,(H,22,23)/t14?,17-,20-/m0/s1. The third-order valence-corrected chi connectivity index (χ3v) is 5.93.